The number of benzene rings is 1. The maximum atomic E-state index is 13.1. The average Bonchev–Trinajstić information content (AvgIpc) is 3.59. The monoisotopic (exact) mass is 479 g/mol. The molecule has 0 N–H and O–H groups in total. The van der Waals surface area contributed by atoms with E-state index in [2.05, 4.69) is 0 Å². The lowest BCUT2D eigenvalue weighted by Crippen LogP contribution is -2.37. The minimum absolute atomic E-state index is 0.0905. The third-order valence-corrected chi connectivity index (χ3v) is 6.88. The van der Waals surface area contributed by atoms with Crippen LogP contribution in [-0.2, 0) is 16.0 Å². The summed E-state index contributed by atoms with van der Waals surface area (Å²) in [7, 11) is 0. The summed E-state index contributed by atoms with van der Waals surface area (Å²) in [6, 6.07) is 10.2. The fraction of sp³-hybridized carbons (Fsp3) is 0.250. The van der Waals surface area contributed by atoms with Gasteiger partial charge in [-0.05, 0) is 43.5 Å². The lowest BCUT2D eigenvalue weighted by molar-refractivity contribution is -0.143. The van der Waals surface area contributed by atoms with Gasteiger partial charge < -0.3 is 14.0 Å². The number of rotatable bonds is 7. The van der Waals surface area contributed by atoms with Gasteiger partial charge in [0.2, 0.25) is 6.79 Å². The number of fused-ring (bicyclic) bond motifs is 1. The SMILES string of the molecule is Cc1cc(C(=O)CN2C(=O)C(=O)N(CCc3cccs3)C2=O)c(C)n1-c1ccc2c(c1)OCO2. The van der Waals surface area contributed by atoms with Gasteiger partial charge in [0.05, 0.1) is 6.54 Å². The van der Waals surface area contributed by atoms with E-state index in [-0.39, 0.29) is 13.3 Å². The quantitative estimate of drug-likeness (QED) is 0.293. The highest BCUT2D eigenvalue weighted by Crippen LogP contribution is 2.35. The molecule has 0 aliphatic carbocycles. The summed E-state index contributed by atoms with van der Waals surface area (Å²) in [4.78, 5) is 53.4. The molecule has 174 valence electrons. The molecule has 9 nitrogen and oxygen atoms in total. The van der Waals surface area contributed by atoms with Crippen molar-refractivity contribution in [3.63, 3.8) is 0 Å². The number of aromatic nitrogens is 1. The number of carbonyl (C=O) groups is 4. The number of thiophene rings is 1. The van der Waals surface area contributed by atoms with E-state index in [1.165, 1.54) is 11.3 Å². The van der Waals surface area contributed by atoms with Crippen molar-refractivity contribution >= 4 is 35.0 Å². The molecule has 0 saturated carbocycles. The highest BCUT2D eigenvalue weighted by Gasteiger charge is 2.45. The molecular formula is C24H21N3O6S. The first-order chi connectivity index (χ1) is 16.3. The molecule has 0 unspecified atom stereocenters. The highest BCUT2D eigenvalue weighted by atomic mass is 32.1. The third kappa shape index (κ3) is 3.65. The largest absolute Gasteiger partial charge is 0.454 e. The Hall–Kier alpha value is -3.92. The van der Waals surface area contributed by atoms with Crippen molar-refractivity contribution in [3.05, 3.63) is 63.6 Å². The van der Waals surface area contributed by atoms with Crippen LogP contribution < -0.4 is 9.47 Å². The van der Waals surface area contributed by atoms with Crippen LogP contribution in [0.25, 0.3) is 5.69 Å². The highest BCUT2D eigenvalue weighted by molar-refractivity contribution is 7.09. The Kier molecular flexibility index (Phi) is 5.45. The van der Waals surface area contributed by atoms with Gasteiger partial charge in [-0.3, -0.25) is 19.3 Å². The second kappa shape index (κ2) is 8.45. The van der Waals surface area contributed by atoms with Crippen LogP contribution in [-0.4, -0.2) is 57.9 Å². The second-order valence-electron chi connectivity index (χ2n) is 8.04. The molecule has 2 aromatic heterocycles. The lowest BCUT2D eigenvalue weighted by atomic mass is 10.1. The maximum absolute atomic E-state index is 13.1. The van der Waals surface area contributed by atoms with Gasteiger partial charge in [-0.1, -0.05) is 6.07 Å². The summed E-state index contributed by atoms with van der Waals surface area (Å²) in [5.74, 6) is -1.03. The van der Waals surface area contributed by atoms with Crippen LogP contribution in [0.4, 0.5) is 4.79 Å². The molecular weight excluding hydrogens is 458 g/mol. The predicted molar refractivity (Wildman–Crippen MR) is 123 cm³/mol. The summed E-state index contributed by atoms with van der Waals surface area (Å²) in [6.45, 7) is 3.40. The number of ether oxygens (including phenoxy) is 2. The number of Topliss-reactive ketones (excluding diaryl/α,β-unsaturated/α-hetero) is 1. The van der Waals surface area contributed by atoms with Crippen LogP contribution in [0.3, 0.4) is 0 Å². The van der Waals surface area contributed by atoms with Crippen LogP contribution in [0.15, 0.2) is 41.8 Å². The Balaban J connectivity index is 1.34. The van der Waals surface area contributed by atoms with Crippen LogP contribution in [0.5, 0.6) is 11.5 Å². The predicted octanol–water partition coefficient (Wildman–Crippen LogP) is 3.10. The third-order valence-electron chi connectivity index (χ3n) is 5.94. The number of nitrogens with zero attached hydrogens (tertiary/aromatic N) is 3. The topological polar surface area (TPSA) is 98.2 Å². The zero-order valence-corrected chi connectivity index (χ0v) is 19.4. The van der Waals surface area contributed by atoms with Crippen molar-refractivity contribution in [2.45, 2.75) is 20.3 Å². The molecule has 0 bridgehead atoms. The van der Waals surface area contributed by atoms with E-state index < -0.39 is 30.2 Å². The summed E-state index contributed by atoms with van der Waals surface area (Å²) in [5, 5.41) is 1.90. The molecule has 34 heavy (non-hydrogen) atoms. The van der Waals surface area contributed by atoms with Gasteiger partial charge in [-0.25, -0.2) is 9.69 Å². The van der Waals surface area contributed by atoms with Gasteiger partial charge in [0.1, 0.15) is 0 Å². The fourth-order valence-corrected chi connectivity index (χ4v) is 4.96. The molecule has 0 radical (unpaired) electrons. The molecule has 1 saturated heterocycles. The van der Waals surface area contributed by atoms with E-state index in [1.807, 2.05) is 41.1 Å². The minimum Gasteiger partial charge on any atom is -0.454 e. The Morgan fingerprint density at radius 3 is 2.53 bits per heavy atom. The first-order valence-electron chi connectivity index (χ1n) is 10.7. The Bertz CT molecular complexity index is 1330. The number of imide groups is 2. The molecule has 0 atom stereocenters. The normalized spacial score (nSPS) is 15.1. The Labute approximate surface area is 199 Å². The number of urea groups is 1. The molecule has 1 aromatic carbocycles. The first kappa shape index (κ1) is 21.9. The van der Waals surface area contributed by atoms with Gasteiger partial charge >= 0.3 is 17.8 Å². The smallest absolute Gasteiger partial charge is 0.334 e. The molecule has 3 aromatic rings. The van der Waals surface area contributed by atoms with Crippen molar-refractivity contribution in [2.24, 2.45) is 0 Å². The second-order valence-corrected chi connectivity index (χ2v) is 9.07. The summed E-state index contributed by atoms with van der Waals surface area (Å²) in [6.07, 6.45) is 0.459. The van der Waals surface area contributed by atoms with Crippen LogP contribution in [0.1, 0.15) is 26.6 Å². The van der Waals surface area contributed by atoms with Crippen molar-refractivity contribution in [1.29, 1.82) is 0 Å². The molecule has 10 heteroatoms. The minimum atomic E-state index is -0.978. The first-order valence-corrected chi connectivity index (χ1v) is 11.5. The van der Waals surface area contributed by atoms with Crippen LogP contribution >= 0.6 is 11.3 Å². The van der Waals surface area contributed by atoms with Gasteiger partial charge in [0, 0.05) is 46.5 Å². The van der Waals surface area contributed by atoms with E-state index in [0.717, 1.165) is 26.1 Å². The van der Waals surface area contributed by atoms with Gasteiger partial charge in [-0.15, -0.1) is 11.3 Å². The molecule has 5 rings (SSSR count). The van der Waals surface area contributed by atoms with Crippen molar-refractivity contribution in [2.75, 3.05) is 19.9 Å². The van der Waals surface area contributed by atoms with Crippen LogP contribution in [0, 0.1) is 13.8 Å². The van der Waals surface area contributed by atoms with Crippen molar-refractivity contribution in [3.8, 4) is 17.2 Å². The van der Waals surface area contributed by atoms with E-state index in [0.29, 0.717) is 29.2 Å². The Morgan fingerprint density at radius 2 is 1.76 bits per heavy atom. The lowest BCUT2D eigenvalue weighted by Gasteiger charge is -2.15. The maximum Gasteiger partial charge on any atom is 0.334 e. The number of hydrogen-bond donors (Lipinski definition) is 0. The number of hydrogen-bond acceptors (Lipinski definition) is 7. The molecule has 0 spiro atoms. The number of aryl methyl sites for hydroxylation is 1. The van der Waals surface area contributed by atoms with Gasteiger partial charge in [-0.2, -0.15) is 0 Å². The van der Waals surface area contributed by atoms with Crippen LogP contribution in [0.2, 0.25) is 0 Å². The standard InChI is InChI=1S/C24H21N3O6S/c1-14-10-18(15(2)27(14)16-5-6-20-21(11-16)33-13-32-20)19(28)12-26-23(30)22(29)25(24(26)31)8-7-17-4-3-9-34-17/h3-6,9-11H,7-8,12-13H2,1-2H3. The number of ketones is 1. The van der Waals surface area contributed by atoms with Gasteiger partial charge in [0.15, 0.2) is 17.3 Å². The molecule has 4 amide bonds. The summed E-state index contributed by atoms with van der Waals surface area (Å²) >= 11 is 1.51. The molecule has 1 fully saturated rings. The average molecular weight is 480 g/mol. The van der Waals surface area contributed by atoms with E-state index in [4.69, 9.17) is 9.47 Å². The van der Waals surface area contributed by atoms with E-state index >= 15 is 0 Å². The number of carbonyl (C=O) groups excluding carboxylic acids is 4. The zero-order chi connectivity index (χ0) is 24.0. The molecule has 2 aliphatic heterocycles. The summed E-state index contributed by atoms with van der Waals surface area (Å²) < 4.78 is 12.7. The van der Waals surface area contributed by atoms with E-state index in [1.54, 1.807) is 19.1 Å². The van der Waals surface area contributed by atoms with Crippen molar-refractivity contribution < 1.29 is 28.7 Å². The number of amides is 4. The van der Waals surface area contributed by atoms with Gasteiger partial charge in [0.25, 0.3) is 0 Å². The molecule has 2 aliphatic rings. The molecule has 4 heterocycles. The Morgan fingerprint density at radius 1 is 1.00 bits per heavy atom. The van der Waals surface area contributed by atoms with E-state index in [9.17, 15) is 19.2 Å². The summed E-state index contributed by atoms with van der Waals surface area (Å²) in [5.41, 5.74) is 2.62. The van der Waals surface area contributed by atoms with Crippen molar-refractivity contribution in [1.82, 2.24) is 14.4 Å². The zero-order valence-electron chi connectivity index (χ0n) is 18.6. The fourth-order valence-electron chi connectivity index (χ4n) is 4.26.